The van der Waals surface area contributed by atoms with E-state index in [4.69, 9.17) is 5.21 Å². The van der Waals surface area contributed by atoms with Gasteiger partial charge in [0.05, 0.1) is 5.71 Å². The molecule has 0 unspecified atom stereocenters. The number of oxime groups is 1. The molecule has 0 aliphatic heterocycles. The molecule has 2 heteroatoms. The van der Waals surface area contributed by atoms with Crippen LogP contribution in [0, 0.1) is 11.3 Å². The fourth-order valence-corrected chi connectivity index (χ4v) is 1.05. The van der Waals surface area contributed by atoms with E-state index in [0.29, 0.717) is 5.92 Å². The maximum atomic E-state index is 8.91. The first-order chi connectivity index (χ1) is 5.82. The van der Waals surface area contributed by atoms with Gasteiger partial charge in [0.1, 0.15) is 0 Å². The van der Waals surface area contributed by atoms with Gasteiger partial charge >= 0.3 is 0 Å². The highest BCUT2D eigenvalue weighted by Gasteiger charge is 2.26. The lowest BCUT2D eigenvalue weighted by atomic mass is 9.78. The second kappa shape index (κ2) is 4.45. The molecule has 0 aliphatic carbocycles. The number of nitrogens with zero attached hydrogens (tertiary/aromatic N) is 1. The molecule has 0 rings (SSSR count). The highest BCUT2D eigenvalue weighted by molar-refractivity contribution is 5.91. The van der Waals surface area contributed by atoms with Crippen molar-refractivity contribution in [2.24, 2.45) is 16.5 Å². The second-order valence-electron chi connectivity index (χ2n) is 4.55. The van der Waals surface area contributed by atoms with Gasteiger partial charge < -0.3 is 5.21 Å². The van der Waals surface area contributed by atoms with Crippen molar-refractivity contribution in [3.05, 3.63) is 12.2 Å². The molecule has 0 spiro atoms. The molecule has 0 aromatic heterocycles. The number of rotatable bonds is 4. The normalized spacial score (nSPS) is 13.5. The van der Waals surface area contributed by atoms with Crippen LogP contribution in [0.3, 0.4) is 0 Å². The SMILES string of the molecule is C=C(C)C(C)(C)/C(CC(C)C)=N/O. The molecule has 1 N–H and O–H groups in total. The maximum absolute atomic E-state index is 8.91. The highest BCUT2D eigenvalue weighted by Crippen LogP contribution is 2.29. The molecular formula is C11H21NO. The molecular weight excluding hydrogens is 162 g/mol. The van der Waals surface area contributed by atoms with E-state index in [0.717, 1.165) is 17.7 Å². The van der Waals surface area contributed by atoms with Crippen LogP contribution in [-0.2, 0) is 0 Å². The van der Waals surface area contributed by atoms with Crippen LogP contribution in [0.2, 0.25) is 0 Å². The van der Waals surface area contributed by atoms with Gasteiger partial charge in [-0.3, -0.25) is 0 Å². The Balaban J connectivity index is 4.69. The van der Waals surface area contributed by atoms with E-state index >= 15 is 0 Å². The lowest BCUT2D eigenvalue weighted by Crippen LogP contribution is -2.26. The van der Waals surface area contributed by atoms with Crippen molar-refractivity contribution in [3.8, 4) is 0 Å². The van der Waals surface area contributed by atoms with E-state index in [1.165, 1.54) is 0 Å². The average molecular weight is 183 g/mol. The molecule has 13 heavy (non-hydrogen) atoms. The van der Waals surface area contributed by atoms with Crippen molar-refractivity contribution in [2.45, 2.75) is 41.0 Å². The van der Waals surface area contributed by atoms with Crippen molar-refractivity contribution >= 4 is 5.71 Å². The summed E-state index contributed by atoms with van der Waals surface area (Å²) in [5.41, 5.74) is 1.65. The van der Waals surface area contributed by atoms with Gasteiger partial charge in [-0.15, -0.1) is 0 Å². The minimum absolute atomic E-state index is 0.195. The summed E-state index contributed by atoms with van der Waals surface area (Å²) in [6.07, 6.45) is 0.816. The van der Waals surface area contributed by atoms with Crippen LogP contribution in [0.4, 0.5) is 0 Å². The molecule has 0 aromatic carbocycles. The van der Waals surface area contributed by atoms with Crippen LogP contribution >= 0.6 is 0 Å². The Morgan fingerprint density at radius 1 is 1.46 bits per heavy atom. The Morgan fingerprint density at radius 3 is 2.15 bits per heavy atom. The third-order valence-corrected chi connectivity index (χ3v) is 2.51. The van der Waals surface area contributed by atoms with E-state index in [2.05, 4.69) is 25.6 Å². The van der Waals surface area contributed by atoms with Gasteiger partial charge in [-0.25, -0.2) is 0 Å². The average Bonchev–Trinajstić information content (AvgIpc) is 1.99. The third kappa shape index (κ3) is 3.21. The Hall–Kier alpha value is -0.790. The molecule has 0 aromatic rings. The fourth-order valence-electron chi connectivity index (χ4n) is 1.05. The second-order valence-corrected chi connectivity index (χ2v) is 4.55. The molecule has 0 fully saturated rings. The number of hydrogen-bond donors (Lipinski definition) is 1. The van der Waals surface area contributed by atoms with Crippen LogP contribution in [0.15, 0.2) is 17.3 Å². The Labute approximate surface area is 81.3 Å². The number of allylic oxidation sites excluding steroid dienone is 1. The molecule has 0 amide bonds. The van der Waals surface area contributed by atoms with Crippen molar-refractivity contribution in [1.82, 2.24) is 0 Å². The topological polar surface area (TPSA) is 32.6 Å². The molecule has 2 nitrogen and oxygen atoms in total. The largest absolute Gasteiger partial charge is 0.411 e. The van der Waals surface area contributed by atoms with E-state index in [-0.39, 0.29) is 5.41 Å². The summed E-state index contributed by atoms with van der Waals surface area (Å²) in [6, 6.07) is 0. The Kier molecular flexibility index (Phi) is 4.18. The summed E-state index contributed by atoms with van der Waals surface area (Å²) in [5, 5.41) is 12.3. The molecule has 0 radical (unpaired) electrons. The van der Waals surface area contributed by atoms with Gasteiger partial charge in [0.25, 0.3) is 0 Å². The summed E-state index contributed by atoms with van der Waals surface area (Å²) >= 11 is 0. The first-order valence-corrected chi connectivity index (χ1v) is 4.69. The maximum Gasteiger partial charge on any atom is 0.0669 e. The van der Waals surface area contributed by atoms with Crippen molar-refractivity contribution in [2.75, 3.05) is 0 Å². The minimum Gasteiger partial charge on any atom is -0.411 e. The summed E-state index contributed by atoms with van der Waals surface area (Å²) in [7, 11) is 0. The molecule has 0 bridgehead atoms. The molecule has 76 valence electrons. The van der Waals surface area contributed by atoms with E-state index in [9.17, 15) is 0 Å². The predicted molar refractivity (Wildman–Crippen MR) is 57.3 cm³/mol. The van der Waals surface area contributed by atoms with Gasteiger partial charge in [0, 0.05) is 5.41 Å². The first kappa shape index (κ1) is 12.2. The molecule has 0 aliphatic rings. The third-order valence-electron chi connectivity index (χ3n) is 2.51. The zero-order chi connectivity index (χ0) is 10.6. The van der Waals surface area contributed by atoms with Crippen molar-refractivity contribution in [3.63, 3.8) is 0 Å². The Bertz CT molecular complexity index is 214. The predicted octanol–water partition coefficient (Wildman–Crippen LogP) is 3.47. The summed E-state index contributed by atoms with van der Waals surface area (Å²) in [6.45, 7) is 14.2. The Morgan fingerprint density at radius 2 is 1.92 bits per heavy atom. The van der Waals surface area contributed by atoms with Gasteiger partial charge in [-0.2, -0.15) is 0 Å². The fraction of sp³-hybridized carbons (Fsp3) is 0.727. The van der Waals surface area contributed by atoms with Crippen molar-refractivity contribution < 1.29 is 5.21 Å². The smallest absolute Gasteiger partial charge is 0.0669 e. The van der Waals surface area contributed by atoms with E-state index in [1.54, 1.807) is 0 Å². The van der Waals surface area contributed by atoms with Crippen LogP contribution in [0.1, 0.15) is 41.0 Å². The first-order valence-electron chi connectivity index (χ1n) is 4.69. The monoisotopic (exact) mass is 183 g/mol. The summed E-state index contributed by atoms with van der Waals surface area (Å²) < 4.78 is 0. The standard InChI is InChI=1S/C11H21NO/c1-8(2)7-10(12-13)11(5,6)9(3)4/h8,13H,3,7H2,1-2,4-6H3/b12-10+. The van der Waals surface area contributed by atoms with Gasteiger partial charge in [0.2, 0.25) is 0 Å². The minimum atomic E-state index is -0.195. The van der Waals surface area contributed by atoms with Crippen LogP contribution in [-0.4, -0.2) is 10.9 Å². The van der Waals surface area contributed by atoms with Gasteiger partial charge in [-0.1, -0.05) is 45.0 Å². The summed E-state index contributed by atoms with van der Waals surface area (Å²) in [4.78, 5) is 0. The van der Waals surface area contributed by atoms with E-state index in [1.807, 2.05) is 20.8 Å². The lowest BCUT2D eigenvalue weighted by molar-refractivity contribution is 0.308. The summed E-state index contributed by atoms with van der Waals surface area (Å²) in [5.74, 6) is 0.504. The van der Waals surface area contributed by atoms with Crippen molar-refractivity contribution in [1.29, 1.82) is 0 Å². The zero-order valence-electron chi connectivity index (χ0n) is 9.39. The number of hydrogen-bond acceptors (Lipinski definition) is 2. The lowest BCUT2D eigenvalue weighted by Gasteiger charge is -2.27. The van der Waals surface area contributed by atoms with Crippen LogP contribution < -0.4 is 0 Å². The van der Waals surface area contributed by atoms with Crippen LogP contribution in [0.5, 0.6) is 0 Å². The zero-order valence-corrected chi connectivity index (χ0v) is 9.39. The molecule has 0 atom stereocenters. The molecule has 0 heterocycles. The van der Waals surface area contributed by atoms with Crippen LogP contribution in [0.25, 0.3) is 0 Å². The van der Waals surface area contributed by atoms with Gasteiger partial charge in [0.15, 0.2) is 0 Å². The molecule has 0 saturated heterocycles. The van der Waals surface area contributed by atoms with E-state index < -0.39 is 0 Å². The quantitative estimate of drug-likeness (QED) is 0.308. The van der Waals surface area contributed by atoms with Gasteiger partial charge in [-0.05, 0) is 19.3 Å². The molecule has 0 saturated carbocycles. The highest BCUT2D eigenvalue weighted by atomic mass is 16.4.